The number of aryl methyl sites for hydroxylation is 2. The third kappa shape index (κ3) is 5.51. The van der Waals surface area contributed by atoms with Crippen molar-refractivity contribution in [2.75, 3.05) is 6.61 Å². The van der Waals surface area contributed by atoms with Crippen LogP contribution in [0.15, 0.2) is 42.5 Å². The molecule has 0 N–H and O–H groups in total. The lowest BCUT2D eigenvalue weighted by Crippen LogP contribution is -2.27. The van der Waals surface area contributed by atoms with Crippen LogP contribution >= 0.6 is 0 Å². The minimum atomic E-state index is -0.741. The molecule has 0 unspecified atom stereocenters. The van der Waals surface area contributed by atoms with Crippen molar-refractivity contribution < 1.29 is 23.9 Å². The average molecular weight is 368 g/mol. The fourth-order valence-corrected chi connectivity index (χ4v) is 2.56. The van der Waals surface area contributed by atoms with Gasteiger partial charge in [0.1, 0.15) is 5.60 Å². The first kappa shape index (κ1) is 20.4. The van der Waals surface area contributed by atoms with Gasteiger partial charge in [0, 0.05) is 11.1 Å². The monoisotopic (exact) mass is 368 g/mol. The van der Waals surface area contributed by atoms with Crippen LogP contribution in [0.1, 0.15) is 58.2 Å². The van der Waals surface area contributed by atoms with E-state index in [0.29, 0.717) is 5.56 Å². The highest BCUT2D eigenvalue weighted by atomic mass is 16.6. The third-order valence-corrected chi connectivity index (χ3v) is 3.77. The second-order valence-electron chi connectivity index (χ2n) is 7.36. The number of ketones is 1. The van der Waals surface area contributed by atoms with Gasteiger partial charge in [-0.15, -0.1) is 0 Å². The van der Waals surface area contributed by atoms with Crippen LogP contribution in [-0.2, 0) is 14.3 Å². The van der Waals surface area contributed by atoms with E-state index >= 15 is 0 Å². The first-order valence-corrected chi connectivity index (χ1v) is 8.68. The first-order chi connectivity index (χ1) is 12.6. The molecule has 0 aliphatic rings. The van der Waals surface area contributed by atoms with Crippen molar-refractivity contribution in [2.45, 2.75) is 40.2 Å². The summed E-state index contributed by atoms with van der Waals surface area (Å²) < 4.78 is 10.2. The number of benzene rings is 2. The van der Waals surface area contributed by atoms with E-state index in [0.717, 1.165) is 11.1 Å². The van der Waals surface area contributed by atoms with Gasteiger partial charge in [-0.05, 0) is 52.3 Å². The van der Waals surface area contributed by atoms with Crippen molar-refractivity contribution in [3.8, 4) is 0 Å². The van der Waals surface area contributed by atoms with Crippen LogP contribution in [0, 0.1) is 13.8 Å². The quantitative estimate of drug-likeness (QED) is 0.589. The molecule has 2 aromatic rings. The Kier molecular flexibility index (Phi) is 6.16. The lowest BCUT2D eigenvalue weighted by molar-refractivity contribution is -0.158. The number of rotatable bonds is 5. The Balaban J connectivity index is 2.22. The van der Waals surface area contributed by atoms with Crippen molar-refractivity contribution in [1.29, 1.82) is 0 Å². The standard InChI is InChI=1S/C22H24O5/c1-14-10-11-15(2)18(12-14)20(24)16-8-6-7-9-17(16)21(25)26-13-19(23)27-22(3,4)5/h6-12H,13H2,1-5H3. The van der Waals surface area contributed by atoms with Crippen LogP contribution in [0.5, 0.6) is 0 Å². The van der Waals surface area contributed by atoms with E-state index in [9.17, 15) is 14.4 Å². The van der Waals surface area contributed by atoms with Crippen LogP contribution in [0.4, 0.5) is 0 Å². The molecule has 0 heterocycles. The number of hydrogen-bond acceptors (Lipinski definition) is 5. The molecule has 5 nitrogen and oxygen atoms in total. The van der Waals surface area contributed by atoms with Gasteiger partial charge in [0.15, 0.2) is 12.4 Å². The maximum atomic E-state index is 13.0. The average Bonchev–Trinajstić information content (AvgIpc) is 2.59. The highest BCUT2D eigenvalue weighted by Gasteiger charge is 2.22. The van der Waals surface area contributed by atoms with Gasteiger partial charge in [0.05, 0.1) is 5.56 Å². The van der Waals surface area contributed by atoms with Crippen molar-refractivity contribution in [1.82, 2.24) is 0 Å². The van der Waals surface area contributed by atoms with Crippen molar-refractivity contribution in [3.63, 3.8) is 0 Å². The zero-order chi connectivity index (χ0) is 20.2. The molecule has 0 atom stereocenters. The predicted molar refractivity (Wildman–Crippen MR) is 102 cm³/mol. The molecule has 0 radical (unpaired) electrons. The van der Waals surface area contributed by atoms with Gasteiger partial charge in [-0.3, -0.25) is 4.79 Å². The van der Waals surface area contributed by atoms with Crippen LogP contribution in [0.25, 0.3) is 0 Å². The van der Waals surface area contributed by atoms with Crippen molar-refractivity contribution >= 4 is 17.7 Å². The van der Waals surface area contributed by atoms with E-state index in [4.69, 9.17) is 9.47 Å². The molecule has 0 saturated carbocycles. The molecule has 0 fully saturated rings. The summed E-state index contributed by atoms with van der Waals surface area (Å²) in [4.78, 5) is 37.2. The fraction of sp³-hybridized carbons (Fsp3) is 0.318. The Morgan fingerprint density at radius 3 is 2.15 bits per heavy atom. The lowest BCUT2D eigenvalue weighted by atomic mass is 9.94. The normalized spacial score (nSPS) is 11.0. The van der Waals surface area contributed by atoms with Gasteiger partial charge in [-0.25, -0.2) is 9.59 Å². The van der Waals surface area contributed by atoms with E-state index in [1.165, 1.54) is 6.07 Å². The SMILES string of the molecule is Cc1ccc(C)c(C(=O)c2ccccc2C(=O)OCC(=O)OC(C)(C)C)c1. The zero-order valence-electron chi connectivity index (χ0n) is 16.3. The maximum absolute atomic E-state index is 13.0. The van der Waals surface area contributed by atoms with Gasteiger partial charge < -0.3 is 9.47 Å². The van der Waals surface area contributed by atoms with E-state index in [1.54, 1.807) is 45.0 Å². The lowest BCUT2D eigenvalue weighted by Gasteiger charge is -2.19. The summed E-state index contributed by atoms with van der Waals surface area (Å²) in [6, 6.07) is 12.0. The second kappa shape index (κ2) is 8.16. The van der Waals surface area contributed by atoms with Gasteiger partial charge in [0.2, 0.25) is 0 Å². The van der Waals surface area contributed by atoms with E-state index in [2.05, 4.69) is 0 Å². The summed E-state index contributed by atoms with van der Waals surface area (Å²) in [7, 11) is 0. The Hall–Kier alpha value is -2.95. The summed E-state index contributed by atoms with van der Waals surface area (Å²) in [5.41, 5.74) is 1.99. The van der Waals surface area contributed by atoms with E-state index in [1.807, 2.05) is 26.0 Å². The summed E-state index contributed by atoms with van der Waals surface area (Å²) in [6.45, 7) is 8.41. The number of esters is 2. The summed E-state index contributed by atoms with van der Waals surface area (Å²) in [5, 5.41) is 0. The predicted octanol–water partition coefficient (Wildman–Crippen LogP) is 4.03. The number of ether oxygens (including phenoxy) is 2. The molecule has 142 valence electrons. The third-order valence-electron chi connectivity index (χ3n) is 3.77. The second-order valence-corrected chi connectivity index (χ2v) is 7.36. The Bertz CT molecular complexity index is 875. The number of carbonyl (C=O) groups excluding carboxylic acids is 3. The molecule has 0 spiro atoms. The van der Waals surface area contributed by atoms with Crippen LogP contribution in [-0.4, -0.2) is 29.9 Å². The maximum Gasteiger partial charge on any atom is 0.344 e. The molecule has 27 heavy (non-hydrogen) atoms. The highest BCUT2D eigenvalue weighted by Crippen LogP contribution is 2.19. The highest BCUT2D eigenvalue weighted by molar-refractivity contribution is 6.15. The summed E-state index contributed by atoms with van der Waals surface area (Å²) in [5.74, 6) is -1.65. The fourth-order valence-electron chi connectivity index (χ4n) is 2.56. The molecular weight excluding hydrogens is 344 g/mol. The van der Waals surface area contributed by atoms with Gasteiger partial charge in [0.25, 0.3) is 0 Å². The summed E-state index contributed by atoms with van der Waals surface area (Å²) >= 11 is 0. The zero-order valence-corrected chi connectivity index (χ0v) is 16.3. The minimum absolute atomic E-state index is 0.118. The van der Waals surface area contributed by atoms with Crippen molar-refractivity contribution in [2.24, 2.45) is 0 Å². The number of hydrogen-bond donors (Lipinski definition) is 0. The molecule has 2 rings (SSSR count). The molecule has 2 aromatic carbocycles. The van der Waals surface area contributed by atoms with Gasteiger partial charge >= 0.3 is 11.9 Å². The number of carbonyl (C=O) groups is 3. The first-order valence-electron chi connectivity index (χ1n) is 8.68. The molecule has 0 aromatic heterocycles. The van der Waals surface area contributed by atoms with Gasteiger partial charge in [-0.1, -0.05) is 35.9 Å². The molecule has 0 bridgehead atoms. The van der Waals surface area contributed by atoms with E-state index < -0.39 is 24.1 Å². The van der Waals surface area contributed by atoms with Gasteiger partial charge in [-0.2, -0.15) is 0 Å². The van der Waals surface area contributed by atoms with Crippen LogP contribution < -0.4 is 0 Å². The molecule has 0 saturated heterocycles. The summed E-state index contributed by atoms with van der Waals surface area (Å²) in [6.07, 6.45) is 0. The van der Waals surface area contributed by atoms with Crippen molar-refractivity contribution in [3.05, 3.63) is 70.3 Å². The Labute approximate surface area is 159 Å². The van der Waals surface area contributed by atoms with E-state index in [-0.39, 0.29) is 16.9 Å². The Morgan fingerprint density at radius 1 is 0.889 bits per heavy atom. The Morgan fingerprint density at radius 2 is 1.52 bits per heavy atom. The largest absolute Gasteiger partial charge is 0.457 e. The molecule has 0 amide bonds. The smallest absolute Gasteiger partial charge is 0.344 e. The topological polar surface area (TPSA) is 69.7 Å². The van der Waals surface area contributed by atoms with Crippen LogP contribution in [0.2, 0.25) is 0 Å². The molecule has 0 aliphatic carbocycles. The molecule has 5 heteroatoms. The van der Waals surface area contributed by atoms with Crippen LogP contribution in [0.3, 0.4) is 0 Å². The minimum Gasteiger partial charge on any atom is -0.457 e. The molecular formula is C22H24O5. The molecule has 0 aliphatic heterocycles.